The Morgan fingerprint density at radius 2 is 1.96 bits per heavy atom. The summed E-state index contributed by atoms with van der Waals surface area (Å²) in [5.74, 6) is 1.33. The molecular formula is C21H23N5. The van der Waals surface area contributed by atoms with Crippen LogP contribution < -0.4 is 5.32 Å². The van der Waals surface area contributed by atoms with Crippen molar-refractivity contribution in [2.24, 2.45) is 0 Å². The van der Waals surface area contributed by atoms with E-state index in [-0.39, 0.29) is 0 Å². The molecule has 0 bridgehead atoms. The number of nitrogens with one attached hydrogen (secondary N) is 1. The molecule has 1 N–H and O–H groups in total. The zero-order valence-electron chi connectivity index (χ0n) is 14.8. The van der Waals surface area contributed by atoms with Crippen molar-refractivity contribution >= 4 is 5.95 Å². The van der Waals surface area contributed by atoms with E-state index in [1.54, 1.807) is 12.4 Å². The summed E-state index contributed by atoms with van der Waals surface area (Å²) in [5, 5.41) is 3.35. The topological polar surface area (TPSA) is 53.9 Å². The quantitative estimate of drug-likeness (QED) is 0.742. The second-order valence-electron chi connectivity index (χ2n) is 6.63. The molecule has 3 heterocycles. The zero-order chi connectivity index (χ0) is 17.6. The predicted octanol–water partition coefficient (Wildman–Crippen LogP) is 3.44. The molecule has 132 valence electrons. The van der Waals surface area contributed by atoms with Gasteiger partial charge >= 0.3 is 0 Å². The highest BCUT2D eigenvalue weighted by Crippen LogP contribution is 2.26. The lowest BCUT2D eigenvalue weighted by atomic mass is 9.99. The van der Waals surface area contributed by atoms with Gasteiger partial charge < -0.3 is 10.2 Å². The average Bonchev–Trinajstić information content (AvgIpc) is 3.19. The van der Waals surface area contributed by atoms with Crippen molar-refractivity contribution in [1.29, 1.82) is 0 Å². The van der Waals surface area contributed by atoms with E-state index in [0.717, 1.165) is 37.4 Å². The van der Waals surface area contributed by atoms with Gasteiger partial charge in [-0.05, 0) is 42.6 Å². The molecular weight excluding hydrogens is 322 g/mol. The van der Waals surface area contributed by atoms with Gasteiger partial charge in [-0.3, -0.25) is 4.98 Å². The molecule has 5 nitrogen and oxygen atoms in total. The largest absolute Gasteiger partial charge is 0.353 e. The lowest BCUT2D eigenvalue weighted by Crippen LogP contribution is -2.27. The van der Waals surface area contributed by atoms with E-state index >= 15 is 0 Å². The summed E-state index contributed by atoms with van der Waals surface area (Å²) in [7, 11) is 0. The number of likely N-dealkylation sites (tertiary alicyclic amines) is 1. The van der Waals surface area contributed by atoms with Gasteiger partial charge in [0.2, 0.25) is 5.95 Å². The lowest BCUT2D eigenvalue weighted by Gasteiger charge is -2.16. The summed E-state index contributed by atoms with van der Waals surface area (Å²) < 4.78 is 0. The fourth-order valence-corrected chi connectivity index (χ4v) is 3.48. The average molecular weight is 345 g/mol. The maximum Gasteiger partial charge on any atom is 0.223 e. The van der Waals surface area contributed by atoms with Gasteiger partial charge in [-0.1, -0.05) is 30.3 Å². The van der Waals surface area contributed by atoms with Gasteiger partial charge in [-0.2, -0.15) is 0 Å². The van der Waals surface area contributed by atoms with Crippen molar-refractivity contribution in [3.8, 4) is 11.3 Å². The van der Waals surface area contributed by atoms with Crippen LogP contribution in [0.1, 0.15) is 17.9 Å². The van der Waals surface area contributed by atoms with Crippen molar-refractivity contribution in [2.45, 2.75) is 12.3 Å². The van der Waals surface area contributed by atoms with E-state index in [2.05, 4.69) is 55.5 Å². The second kappa shape index (κ2) is 8.06. The highest BCUT2D eigenvalue weighted by Gasteiger charge is 2.23. The number of rotatable bonds is 6. The zero-order valence-corrected chi connectivity index (χ0v) is 14.8. The predicted molar refractivity (Wildman–Crippen MR) is 104 cm³/mol. The summed E-state index contributed by atoms with van der Waals surface area (Å²) in [6, 6.07) is 16.7. The Hall–Kier alpha value is -2.79. The van der Waals surface area contributed by atoms with Gasteiger partial charge in [-0.25, -0.2) is 9.97 Å². The molecule has 0 unspecified atom stereocenters. The first-order valence-electron chi connectivity index (χ1n) is 9.13. The number of hydrogen-bond donors (Lipinski definition) is 1. The van der Waals surface area contributed by atoms with Gasteiger partial charge in [0, 0.05) is 43.8 Å². The molecule has 1 fully saturated rings. The molecule has 2 aromatic heterocycles. The molecule has 0 aliphatic carbocycles. The van der Waals surface area contributed by atoms with Crippen molar-refractivity contribution in [2.75, 3.05) is 31.5 Å². The number of anilines is 1. The van der Waals surface area contributed by atoms with Gasteiger partial charge in [0.25, 0.3) is 0 Å². The van der Waals surface area contributed by atoms with E-state index in [4.69, 9.17) is 0 Å². The van der Waals surface area contributed by atoms with Crippen LogP contribution in [0.5, 0.6) is 0 Å². The molecule has 1 aliphatic heterocycles. The van der Waals surface area contributed by atoms with Gasteiger partial charge in [0.05, 0.1) is 5.69 Å². The molecule has 0 saturated carbocycles. The minimum absolute atomic E-state index is 0.654. The fourth-order valence-electron chi connectivity index (χ4n) is 3.48. The van der Waals surface area contributed by atoms with Crippen LogP contribution in [0.3, 0.4) is 0 Å². The number of hydrogen-bond acceptors (Lipinski definition) is 5. The first-order valence-corrected chi connectivity index (χ1v) is 9.13. The third-order valence-corrected chi connectivity index (χ3v) is 4.87. The Balaban J connectivity index is 1.29. The van der Waals surface area contributed by atoms with Crippen molar-refractivity contribution in [1.82, 2.24) is 19.9 Å². The minimum atomic E-state index is 0.654. The Morgan fingerprint density at radius 1 is 1.04 bits per heavy atom. The number of pyridine rings is 1. The van der Waals surface area contributed by atoms with Crippen LogP contribution in [0, 0.1) is 0 Å². The van der Waals surface area contributed by atoms with E-state index in [9.17, 15) is 0 Å². The molecule has 4 rings (SSSR count). The number of nitrogens with zero attached hydrogens (tertiary/aromatic N) is 4. The molecule has 0 spiro atoms. The summed E-state index contributed by atoms with van der Waals surface area (Å²) in [6.07, 6.45) is 6.61. The van der Waals surface area contributed by atoms with Crippen LogP contribution in [0.25, 0.3) is 11.3 Å². The van der Waals surface area contributed by atoms with Crippen molar-refractivity contribution in [3.63, 3.8) is 0 Å². The van der Waals surface area contributed by atoms with Gasteiger partial charge in [-0.15, -0.1) is 0 Å². The van der Waals surface area contributed by atoms with E-state index < -0.39 is 0 Å². The third-order valence-electron chi connectivity index (χ3n) is 4.87. The highest BCUT2D eigenvalue weighted by molar-refractivity contribution is 5.58. The van der Waals surface area contributed by atoms with Crippen molar-refractivity contribution in [3.05, 3.63) is 72.7 Å². The molecule has 26 heavy (non-hydrogen) atoms. The second-order valence-corrected chi connectivity index (χ2v) is 6.63. The minimum Gasteiger partial charge on any atom is -0.353 e. The van der Waals surface area contributed by atoms with Crippen LogP contribution in [0.2, 0.25) is 0 Å². The molecule has 1 atom stereocenters. The summed E-state index contributed by atoms with van der Waals surface area (Å²) in [4.78, 5) is 15.6. The third kappa shape index (κ3) is 4.06. The smallest absolute Gasteiger partial charge is 0.223 e. The first kappa shape index (κ1) is 16.7. The van der Waals surface area contributed by atoms with E-state index in [0.29, 0.717) is 11.9 Å². The number of benzene rings is 1. The summed E-state index contributed by atoms with van der Waals surface area (Å²) in [5.41, 5.74) is 3.35. The number of aromatic nitrogens is 3. The SMILES string of the molecule is c1ccc([C@H]2CCN(CCNc3nccc(-c4cccnc4)n3)C2)cc1. The highest BCUT2D eigenvalue weighted by atomic mass is 15.2. The molecule has 0 amide bonds. The summed E-state index contributed by atoms with van der Waals surface area (Å²) in [6.45, 7) is 4.13. The van der Waals surface area contributed by atoms with Gasteiger partial charge in [0.1, 0.15) is 0 Å². The van der Waals surface area contributed by atoms with E-state index in [1.807, 2.05) is 24.4 Å². The Kier molecular flexibility index (Phi) is 5.17. The summed E-state index contributed by atoms with van der Waals surface area (Å²) >= 11 is 0. The molecule has 1 aromatic carbocycles. The Labute approximate surface area is 154 Å². The molecule has 1 saturated heterocycles. The van der Waals surface area contributed by atoms with Crippen LogP contribution in [0.4, 0.5) is 5.95 Å². The van der Waals surface area contributed by atoms with Crippen LogP contribution in [0.15, 0.2) is 67.1 Å². The van der Waals surface area contributed by atoms with Gasteiger partial charge in [0.15, 0.2) is 0 Å². The Bertz CT molecular complexity index is 822. The molecule has 5 heteroatoms. The molecule has 0 radical (unpaired) electrons. The maximum atomic E-state index is 4.59. The van der Waals surface area contributed by atoms with E-state index in [1.165, 1.54) is 12.0 Å². The normalized spacial score (nSPS) is 17.3. The Morgan fingerprint density at radius 3 is 2.81 bits per heavy atom. The lowest BCUT2D eigenvalue weighted by molar-refractivity contribution is 0.347. The van der Waals surface area contributed by atoms with Crippen LogP contribution in [-0.2, 0) is 0 Å². The fraction of sp³-hybridized carbons (Fsp3) is 0.286. The molecule has 3 aromatic rings. The standard InChI is InChI=1S/C21H23N5/c1-2-5-17(6-3-1)19-9-13-26(16-19)14-12-24-21-23-11-8-20(25-21)18-7-4-10-22-15-18/h1-8,10-11,15,19H,9,12-14,16H2,(H,23,24,25)/t19-/m0/s1. The van der Waals surface area contributed by atoms with Crippen LogP contribution in [-0.4, -0.2) is 46.0 Å². The monoisotopic (exact) mass is 345 g/mol. The van der Waals surface area contributed by atoms with Crippen LogP contribution >= 0.6 is 0 Å². The maximum absolute atomic E-state index is 4.59. The first-order chi connectivity index (χ1) is 12.9. The van der Waals surface area contributed by atoms with Crippen molar-refractivity contribution < 1.29 is 0 Å². The molecule has 1 aliphatic rings.